The fraction of sp³-hybridized carbons (Fsp3) is 0.417. The number of piperazine rings is 1. The van der Waals surface area contributed by atoms with Crippen molar-refractivity contribution in [3.63, 3.8) is 0 Å². The van der Waals surface area contributed by atoms with Gasteiger partial charge in [0, 0.05) is 50.0 Å². The van der Waals surface area contributed by atoms with Crippen molar-refractivity contribution in [3.8, 4) is 11.4 Å². The van der Waals surface area contributed by atoms with Crippen molar-refractivity contribution in [1.29, 1.82) is 0 Å². The number of hydrogen-bond donors (Lipinski definition) is 0. The van der Waals surface area contributed by atoms with E-state index in [0.717, 1.165) is 50.5 Å². The first-order valence-electron chi connectivity index (χ1n) is 11.1. The Morgan fingerprint density at radius 2 is 1.71 bits per heavy atom. The number of likely N-dealkylation sites (tertiary alicyclic amines) is 1. The number of benzene rings is 2. The van der Waals surface area contributed by atoms with Gasteiger partial charge in [0.05, 0.1) is 6.54 Å². The molecule has 0 saturated carbocycles. The molecular formula is C24H28FN5O. The van der Waals surface area contributed by atoms with Gasteiger partial charge >= 0.3 is 0 Å². The third kappa shape index (κ3) is 4.78. The van der Waals surface area contributed by atoms with E-state index >= 15 is 0 Å². The van der Waals surface area contributed by atoms with Crippen LogP contribution in [0.2, 0.25) is 0 Å². The van der Waals surface area contributed by atoms with Crippen molar-refractivity contribution in [2.24, 2.45) is 0 Å². The van der Waals surface area contributed by atoms with E-state index in [1.54, 1.807) is 12.1 Å². The summed E-state index contributed by atoms with van der Waals surface area (Å²) < 4.78 is 18.7. The van der Waals surface area contributed by atoms with Gasteiger partial charge in [-0.1, -0.05) is 35.5 Å². The summed E-state index contributed by atoms with van der Waals surface area (Å²) >= 11 is 0. The van der Waals surface area contributed by atoms with Crippen LogP contribution >= 0.6 is 0 Å². The van der Waals surface area contributed by atoms with E-state index in [4.69, 9.17) is 4.52 Å². The van der Waals surface area contributed by atoms with Gasteiger partial charge in [0.15, 0.2) is 0 Å². The Bertz CT molecular complexity index is 969. The molecule has 162 valence electrons. The standard InChI is InChI=1S/C24H28FN5O/c25-20-8-10-21(11-9-20)29-13-15-30(16-14-29)22-7-4-12-28(17-22)18-23-26-24(27-31-23)19-5-2-1-3-6-19/h1-3,5-6,8-11,22H,4,7,12-18H2. The second-order valence-electron chi connectivity index (χ2n) is 8.41. The summed E-state index contributed by atoms with van der Waals surface area (Å²) in [6, 6.07) is 17.3. The summed E-state index contributed by atoms with van der Waals surface area (Å²) in [7, 11) is 0. The summed E-state index contributed by atoms with van der Waals surface area (Å²) in [6.07, 6.45) is 2.41. The molecule has 2 saturated heterocycles. The first-order valence-corrected chi connectivity index (χ1v) is 11.1. The minimum absolute atomic E-state index is 0.179. The van der Waals surface area contributed by atoms with Crippen molar-refractivity contribution in [1.82, 2.24) is 19.9 Å². The third-order valence-electron chi connectivity index (χ3n) is 6.36. The maximum Gasteiger partial charge on any atom is 0.241 e. The van der Waals surface area contributed by atoms with Crippen LogP contribution in [0.25, 0.3) is 11.4 Å². The summed E-state index contributed by atoms with van der Waals surface area (Å²) in [4.78, 5) is 12.0. The topological polar surface area (TPSA) is 48.6 Å². The van der Waals surface area contributed by atoms with Gasteiger partial charge in [-0.05, 0) is 43.7 Å². The van der Waals surface area contributed by atoms with E-state index in [-0.39, 0.29) is 5.82 Å². The van der Waals surface area contributed by atoms with Gasteiger partial charge in [-0.15, -0.1) is 0 Å². The second-order valence-corrected chi connectivity index (χ2v) is 8.41. The Hall–Kier alpha value is -2.77. The monoisotopic (exact) mass is 421 g/mol. The zero-order valence-electron chi connectivity index (χ0n) is 17.7. The fourth-order valence-corrected chi connectivity index (χ4v) is 4.68. The van der Waals surface area contributed by atoms with Crippen LogP contribution in [0.15, 0.2) is 59.1 Å². The van der Waals surface area contributed by atoms with Crippen molar-refractivity contribution in [3.05, 3.63) is 66.3 Å². The van der Waals surface area contributed by atoms with Gasteiger partial charge < -0.3 is 9.42 Å². The van der Waals surface area contributed by atoms with Crippen LogP contribution in [0, 0.1) is 5.82 Å². The molecule has 1 aromatic heterocycles. The Kier molecular flexibility index (Phi) is 5.95. The molecular weight excluding hydrogens is 393 g/mol. The fourth-order valence-electron chi connectivity index (χ4n) is 4.68. The minimum Gasteiger partial charge on any atom is -0.369 e. The van der Waals surface area contributed by atoms with Crippen molar-refractivity contribution >= 4 is 5.69 Å². The molecule has 0 bridgehead atoms. The van der Waals surface area contributed by atoms with Crippen LogP contribution in [0.1, 0.15) is 18.7 Å². The number of anilines is 1. The normalized spacial score (nSPS) is 20.8. The number of nitrogens with zero attached hydrogens (tertiary/aromatic N) is 5. The molecule has 0 amide bonds. The smallest absolute Gasteiger partial charge is 0.241 e. The number of aromatic nitrogens is 2. The van der Waals surface area contributed by atoms with Crippen LogP contribution in [0.5, 0.6) is 0 Å². The molecule has 5 rings (SSSR count). The van der Waals surface area contributed by atoms with Crippen LogP contribution in [0.4, 0.5) is 10.1 Å². The number of halogens is 1. The molecule has 2 aromatic carbocycles. The highest BCUT2D eigenvalue weighted by molar-refractivity contribution is 5.53. The van der Waals surface area contributed by atoms with E-state index in [2.05, 4.69) is 24.8 Å². The number of rotatable bonds is 5. The highest BCUT2D eigenvalue weighted by atomic mass is 19.1. The Morgan fingerprint density at radius 1 is 0.935 bits per heavy atom. The van der Waals surface area contributed by atoms with Crippen LogP contribution in [-0.2, 0) is 6.54 Å². The van der Waals surface area contributed by atoms with E-state index in [9.17, 15) is 4.39 Å². The van der Waals surface area contributed by atoms with E-state index in [1.165, 1.54) is 12.8 Å². The predicted molar refractivity (Wildman–Crippen MR) is 118 cm³/mol. The molecule has 0 N–H and O–H groups in total. The summed E-state index contributed by atoms with van der Waals surface area (Å²) in [5.41, 5.74) is 2.09. The lowest BCUT2D eigenvalue weighted by Crippen LogP contribution is -2.55. The molecule has 0 radical (unpaired) electrons. The highest BCUT2D eigenvalue weighted by Gasteiger charge is 2.29. The van der Waals surface area contributed by atoms with Gasteiger partial charge in [-0.2, -0.15) is 4.98 Å². The second kappa shape index (κ2) is 9.16. The molecule has 3 heterocycles. The van der Waals surface area contributed by atoms with E-state index < -0.39 is 0 Å². The summed E-state index contributed by atoms with van der Waals surface area (Å²) in [5, 5.41) is 4.15. The predicted octanol–water partition coefficient (Wildman–Crippen LogP) is 3.66. The molecule has 3 aromatic rings. The van der Waals surface area contributed by atoms with Crippen LogP contribution in [-0.4, -0.2) is 65.3 Å². The first-order chi connectivity index (χ1) is 15.2. The molecule has 7 heteroatoms. The lowest BCUT2D eigenvalue weighted by Gasteiger charge is -2.43. The average Bonchev–Trinajstić information content (AvgIpc) is 3.29. The molecule has 1 unspecified atom stereocenters. The Balaban J connectivity index is 1.15. The number of hydrogen-bond acceptors (Lipinski definition) is 6. The molecule has 0 spiro atoms. The minimum atomic E-state index is -0.179. The molecule has 2 aliphatic heterocycles. The van der Waals surface area contributed by atoms with Crippen molar-refractivity contribution in [2.45, 2.75) is 25.4 Å². The van der Waals surface area contributed by atoms with Crippen molar-refractivity contribution < 1.29 is 8.91 Å². The first kappa shape index (κ1) is 20.2. The largest absolute Gasteiger partial charge is 0.369 e. The summed E-state index contributed by atoms with van der Waals surface area (Å²) in [5.74, 6) is 1.16. The lowest BCUT2D eigenvalue weighted by atomic mass is 10.0. The Labute approximate surface area is 182 Å². The van der Waals surface area contributed by atoms with Gasteiger partial charge in [-0.3, -0.25) is 9.80 Å². The quantitative estimate of drug-likeness (QED) is 0.627. The lowest BCUT2D eigenvalue weighted by molar-refractivity contribution is 0.0825. The van der Waals surface area contributed by atoms with Gasteiger partial charge in [0.25, 0.3) is 0 Å². The van der Waals surface area contributed by atoms with E-state index in [1.807, 2.05) is 42.5 Å². The van der Waals surface area contributed by atoms with Crippen LogP contribution < -0.4 is 4.90 Å². The maximum absolute atomic E-state index is 13.2. The number of piperidine rings is 1. The molecule has 1 atom stereocenters. The molecule has 2 aliphatic rings. The average molecular weight is 422 g/mol. The molecule has 31 heavy (non-hydrogen) atoms. The Morgan fingerprint density at radius 3 is 2.48 bits per heavy atom. The maximum atomic E-state index is 13.2. The molecule has 2 fully saturated rings. The van der Waals surface area contributed by atoms with E-state index in [0.29, 0.717) is 24.3 Å². The molecule has 0 aliphatic carbocycles. The zero-order chi connectivity index (χ0) is 21.0. The molecule has 6 nitrogen and oxygen atoms in total. The highest BCUT2D eigenvalue weighted by Crippen LogP contribution is 2.23. The SMILES string of the molecule is Fc1ccc(N2CCN(C3CCCN(Cc4nc(-c5ccccc5)no4)C3)CC2)cc1. The van der Waals surface area contributed by atoms with Gasteiger partial charge in [0.1, 0.15) is 5.82 Å². The van der Waals surface area contributed by atoms with Gasteiger partial charge in [0.2, 0.25) is 11.7 Å². The summed E-state index contributed by atoms with van der Waals surface area (Å²) in [6.45, 7) is 6.82. The van der Waals surface area contributed by atoms with Crippen molar-refractivity contribution in [2.75, 3.05) is 44.2 Å². The third-order valence-corrected chi connectivity index (χ3v) is 6.36. The van der Waals surface area contributed by atoms with Crippen LogP contribution in [0.3, 0.4) is 0 Å². The zero-order valence-corrected chi connectivity index (χ0v) is 17.7. The van der Waals surface area contributed by atoms with Gasteiger partial charge in [-0.25, -0.2) is 4.39 Å².